The molecule has 0 saturated carbocycles. The predicted molar refractivity (Wildman–Crippen MR) is 103 cm³/mol. The molecule has 3 aromatic rings. The van der Waals surface area contributed by atoms with E-state index in [2.05, 4.69) is 10.4 Å². The van der Waals surface area contributed by atoms with Gasteiger partial charge in [0.05, 0.1) is 5.69 Å². The van der Waals surface area contributed by atoms with Crippen LogP contribution in [0.1, 0.15) is 28.4 Å². The first-order valence-electron chi connectivity index (χ1n) is 8.90. The standard InChI is InChI=1S/C21H20N4O2/c1-15(26)24-12-9-17-13-18(5-8-20(17)24)21(27)22-14-16-3-6-19(7-4-16)25-11-2-10-23-25/h2-8,10-11,13H,9,12,14H2,1H3,(H,22,27). The number of aromatic nitrogens is 2. The zero-order valence-corrected chi connectivity index (χ0v) is 15.1. The Hall–Kier alpha value is -3.41. The molecule has 0 fully saturated rings. The van der Waals surface area contributed by atoms with Gasteiger partial charge >= 0.3 is 0 Å². The monoisotopic (exact) mass is 360 g/mol. The van der Waals surface area contributed by atoms with E-state index in [4.69, 9.17) is 0 Å². The number of carbonyl (C=O) groups is 2. The third kappa shape index (κ3) is 3.46. The van der Waals surface area contributed by atoms with Gasteiger partial charge in [-0.3, -0.25) is 9.59 Å². The van der Waals surface area contributed by atoms with E-state index in [1.165, 1.54) is 0 Å². The van der Waals surface area contributed by atoms with Crippen molar-refractivity contribution in [2.24, 2.45) is 0 Å². The topological polar surface area (TPSA) is 67.2 Å². The molecule has 27 heavy (non-hydrogen) atoms. The summed E-state index contributed by atoms with van der Waals surface area (Å²) in [5.41, 5.74) is 4.56. The molecular weight excluding hydrogens is 340 g/mol. The van der Waals surface area contributed by atoms with Crippen LogP contribution in [0.5, 0.6) is 0 Å². The van der Waals surface area contributed by atoms with Crippen molar-refractivity contribution in [3.63, 3.8) is 0 Å². The third-order valence-electron chi connectivity index (χ3n) is 4.78. The summed E-state index contributed by atoms with van der Waals surface area (Å²) in [4.78, 5) is 25.9. The maximum atomic E-state index is 12.5. The molecule has 2 aromatic carbocycles. The molecule has 136 valence electrons. The van der Waals surface area contributed by atoms with Crippen LogP contribution in [-0.2, 0) is 17.8 Å². The van der Waals surface area contributed by atoms with Crippen LogP contribution in [0, 0.1) is 0 Å². The Balaban J connectivity index is 1.40. The number of nitrogens with zero attached hydrogens (tertiary/aromatic N) is 3. The molecule has 0 spiro atoms. The van der Waals surface area contributed by atoms with Crippen molar-refractivity contribution in [2.45, 2.75) is 19.9 Å². The molecule has 1 aliphatic heterocycles. The highest BCUT2D eigenvalue weighted by atomic mass is 16.2. The molecule has 6 nitrogen and oxygen atoms in total. The summed E-state index contributed by atoms with van der Waals surface area (Å²) >= 11 is 0. The molecule has 1 N–H and O–H groups in total. The van der Waals surface area contributed by atoms with Gasteiger partial charge in [0.25, 0.3) is 5.91 Å². The zero-order valence-electron chi connectivity index (χ0n) is 15.1. The van der Waals surface area contributed by atoms with Gasteiger partial charge in [-0.25, -0.2) is 4.68 Å². The minimum atomic E-state index is -0.116. The van der Waals surface area contributed by atoms with Crippen molar-refractivity contribution in [2.75, 3.05) is 11.4 Å². The number of anilines is 1. The van der Waals surface area contributed by atoms with Crippen molar-refractivity contribution < 1.29 is 9.59 Å². The van der Waals surface area contributed by atoms with E-state index in [-0.39, 0.29) is 11.8 Å². The van der Waals surface area contributed by atoms with E-state index < -0.39 is 0 Å². The van der Waals surface area contributed by atoms with Gasteiger partial charge in [0.1, 0.15) is 0 Å². The van der Waals surface area contributed by atoms with E-state index in [1.54, 1.807) is 28.8 Å². The molecule has 0 bridgehead atoms. The lowest BCUT2D eigenvalue weighted by atomic mass is 10.1. The largest absolute Gasteiger partial charge is 0.348 e. The maximum absolute atomic E-state index is 12.5. The number of amides is 2. The highest BCUT2D eigenvalue weighted by molar-refractivity contribution is 5.97. The Morgan fingerprint density at radius 3 is 2.67 bits per heavy atom. The van der Waals surface area contributed by atoms with Gasteiger partial charge in [-0.05, 0) is 53.9 Å². The molecule has 0 unspecified atom stereocenters. The second-order valence-electron chi connectivity index (χ2n) is 6.56. The van der Waals surface area contributed by atoms with Crippen molar-refractivity contribution in [1.29, 1.82) is 0 Å². The third-order valence-corrected chi connectivity index (χ3v) is 4.78. The predicted octanol–water partition coefficient (Wildman–Crippen LogP) is 2.71. The van der Waals surface area contributed by atoms with Gasteiger partial charge in [-0.15, -0.1) is 0 Å². The summed E-state index contributed by atoms with van der Waals surface area (Å²) in [6.45, 7) is 2.70. The normalized spacial score (nSPS) is 12.7. The first-order valence-corrected chi connectivity index (χ1v) is 8.90. The van der Waals surface area contributed by atoms with Crippen LogP contribution in [-0.4, -0.2) is 28.1 Å². The Kier molecular flexibility index (Phi) is 4.46. The SMILES string of the molecule is CC(=O)N1CCc2cc(C(=O)NCc3ccc(-n4cccn4)cc3)ccc21. The first-order chi connectivity index (χ1) is 13.1. The Bertz CT molecular complexity index is 978. The second kappa shape index (κ2) is 7.07. The fourth-order valence-corrected chi connectivity index (χ4v) is 3.34. The van der Waals surface area contributed by atoms with Gasteiger partial charge in [-0.2, -0.15) is 5.10 Å². The molecule has 1 aromatic heterocycles. The Labute approximate surface area is 157 Å². The van der Waals surface area contributed by atoms with E-state index in [9.17, 15) is 9.59 Å². The van der Waals surface area contributed by atoms with E-state index >= 15 is 0 Å². The molecule has 0 atom stereocenters. The molecule has 6 heteroatoms. The van der Waals surface area contributed by atoms with Gasteiger partial charge in [-0.1, -0.05) is 12.1 Å². The average molecular weight is 360 g/mol. The lowest BCUT2D eigenvalue weighted by molar-refractivity contribution is -0.116. The van der Waals surface area contributed by atoms with Crippen LogP contribution in [0.2, 0.25) is 0 Å². The molecule has 1 aliphatic rings. The second-order valence-corrected chi connectivity index (χ2v) is 6.56. The smallest absolute Gasteiger partial charge is 0.251 e. The molecule has 2 heterocycles. The van der Waals surface area contributed by atoms with Crippen molar-refractivity contribution in [3.05, 3.63) is 77.6 Å². The number of carbonyl (C=O) groups excluding carboxylic acids is 2. The number of nitrogens with one attached hydrogen (secondary N) is 1. The van der Waals surface area contributed by atoms with Crippen LogP contribution < -0.4 is 10.2 Å². The van der Waals surface area contributed by atoms with Crippen LogP contribution in [0.25, 0.3) is 5.69 Å². The highest BCUT2D eigenvalue weighted by Gasteiger charge is 2.23. The summed E-state index contributed by atoms with van der Waals surface area (Å²) in [7, 11) is 0. The van der Waals surface area contributed by atoms with Crippen LogP contribution >= 0.6 is 0 Å². The van der Waals surface area contributed by atoms with E-state index in [1.807, 2.05) is 48.7 Å². The van der Waals surface area contributed by atoms with E-state index in [0.29, 0.717) is 18.7 Å². The number of hydrogen-bond donors (Lipinski definition) is 1. The molecule has 2 amide bonds. The first kappa shape index (κ1) is 17.0. The number of fused-ring (bicyclic) bond motifs is 1. The minimum absolute atomic E-state index is 0.0320. The fourth-order valence-electron chi connectivity index (χ4n) is 3.34. The number of benzene rings is 2. The summed E-state index contributed by atoms with van der Waals surface area (Å²) in [5.74, 6) is -0.0836. The molecule has 0 aliphatic carbocycles. The minimum Gasteiger partial charge on any atom is -0.348 e. The molecule has 0 saturated heterocycles. The van der Waals surface area contributed by atoms with E-state index in [0.717, 1.165) is 28.9 Å². The lowest BCUT2D eigenvalue weighted by Gasteiger charge is -2.14. The van der Waals surface area contributed by atoms with Crippen LogP contribution in [0.15, 0.2) is 60.9 Å². The zero-order chi connectivity index (χ0) is 18.8. The number of hydrogen-bond acceptors (Lipinski definition) is 3. The van der Waals surface area contributed by atoms with Gasteiger partial charge in [0, 0.05) is 43.7 Å². The van der Waals surface area contributed by atoms with Crippen LogP contribution in [0.3, 0.4) is 0 Å². The average Bonchev–Trinajstić information content (AvgIpc) is 3.35. The Morgan fingerprint density at radius 2 is 1.96 bits per heavy atom. The van der Waals surface area contributed by atoms with Crippen LogP contribution in [0.4, 0.5) is 5.69 Å². The molecule has 0 radical (unpaired) electrons. The lowest BCUT2D eigenvalue weighted by Crippen LogP contribution is -2.26. The quantitative estimate of drug-likeness (QED) is 0.778. The van der Waals surface area contributed by atoms with Crippen molar-refractivity contribution in [1.82, 2.24) is 15.1 Å². The molecule has 4 rings (SSSR count). The summed E-state index contributed by atoms with van der Waals surface area (Å²) < 4.78 is 1.79. The Morgan fingerprint density at radius 1 is 1.15 bits per heavy atom. The van der Waals surface area contributed by atoms with Crippen molar-refractivity contribution in [3.8, 4) is 5.69 Å². The maximum Gasteiger partial charge on any atom is 0.251 e. The van der Waals surface area contributed by atoms with Gasteiger partial charge in [0.2, 0.25) is 5.91 Å². The van der Waals surface area contributed by atoms with Gasteiger partial charge in [0.15, 0.2) is 0 Å². The summed E-state index contributed by atoms with van der Waals surface area (Å²) in [6, 6.07) is 15.3. The fraction of sp³-hybridized carbons (Fsp3) is 0.190. The number of rotatable bonds is 4. The summed E-state index contributed by atoms with van der Waals surface area (Å²) in [6.07, 6.45) is 4.41. The molecular formula is C21H20N4O2. The van der Waals surface area contributed by atoms with Crippen molar-refractivity contribution >= 4 is 17.5 Å². The van der Waals surface area contributed by atoms with Gasteiger partial charge < -0.3 is 10.2 Å². The summed E-state index contributed by atoms with van der Waals surface area (Å²) in [5, 5.41) is 7.15. The highest BCUT2D eigenvalue weighted by Crippen LogP contribution is 2.28.